The molecule has 2 rings (SSSR count). The summed E-state index contributed by atoms with van der Waals surface area (Å²) in [5, 5.41) is 10.3. The van der Waals surface area contributed by atoms with E-state index in [2.05, 4.69) is 25.9 Å². The van der Waals surface area contributed by atoms with Crippen LogP contribution in [0.1, 0.15) is 24.2 Å². The van der Waals surface area contributed by atoms with Crippen LogP contribution in [0.3, 0.4) is 0 Å². The van der Waals surface area contributed by atoms with Gasteiger partial charge in [0.15, 0.2) is 0 Å². The fourth-order valence-corrected chi connectivity index (χ4v) is 2.24. The second-order valence-electron chi connectivity index (χ2n) is 5.45. The summed E-state index contributed by atoms with van der Waals surface area (Å²) in [6.45, 7) is 5.82. The molecule has 0 bridgehead atoms. The molecule has 0 amide bonds. The molecule has 0 atom stereocenters. The zero-order valence-electron chi connectivity index (χ0n) is 13.7. The molecule has 0 aliphatic carbocycles. The van der Waals surface area contributed by atoms with Crippen molar-refractivity contribution in [2.75, 3.05) is 26.2 Å². The molecular formula is C18H27N5. The molecule has 124 valence electrons. The van der Waals surface area contributed by atoms with E-state index >= 15 is 0 Å². The molecule has 2 aromatic heterocycles. The smallest absolute Gasteiger partial charge is 0.0541 e. The van der Waals surface area contributed by atoms with E-state index in [1.165, 1.54) is 0 Å². The van der Waals surface area contributed by atoms with Gasteiger partial charge in [-0.15, -0.1) is 0 Å². The Morgan fingerprint density at radius 2 is 1.09 bits per heavy atom. The van der Waals surface area contributed by atoms with E-state index in [0.717, 1.165) is 63.5 Å². The van der Waals surface area contributed by atoms with E-state index < -0.39 is 0 Å². The van der Waals surface area contributed by atoms with Crippen molar-refractivity contribution in [1.29, 1.82) is 0 Å². The van der Waals surface area contributed by atoms with Crippen molar-refractivity contribution < 1.29 is 0 Å². The highest BCUT2D eigenvalue weighted by atomic mass is 14.9. The molecule has 0 fully saturated rings. The molecule has 0 aliphatic rings. The zero-order chi connectivity index (χ0) is 16.0. The lowest BCUT2D eigenvalue weighted by atomic mass is 10.3. The fraction of sp³-hybridized carbons (Fsp3) is 0.444. The van der Waals surface area contributed by atoms with Crippen LogP contribution in [-0.4, -0.2) is 36.1 Å². The first kappa shape index (κ1) is 17.5. The lowest BCUT2D eigenvalue weighted by Gasteiger charge is -2.07. The number of hydrogen-bond acceptors (Lipinski definition) is 5. The van der Waals surface area contributed by atoms with Crippen LogP contribution in [0.5, 0.6) is 0 Å². The molecule has 5 heteroatoms. The molecule has 0 unspecified atom stereocenters. The lowest BCUT2D eigenvalue weighted by molar-refractivity contribution is 0.561. The average Bonchev–Trinajstić information content (AvgIpc) is 2.61. The topological polar surface area (TPSA) is 61.9 Å². The van der Waals surface area contributed by atoms with Crippen molar-refractivity contribution in [3.63, 3.8) is 0 Å². The number of hydrogen-bond donors (Lipinski definition) is 3. The van der Waals surface area contributed by atoms with Crippen LogP contribution in [0.25, 0.3) is 0 Å². The minimum Gasteiger partial charge on any atom is -0.317 e. The normalized spacial score (nSPS) is 10.8. The summed E-state index contributed by atoms with van der Waals surface area (Å²) in [5.41, 5.74) is 2.19. The number of nitrogens with zero attached hydrogens (tertiary/aromatic N) is 2. The minimum absolute atomic E-state index is 0.846. The highest BCUT2D eigenvalue weighted by molar-refractivity contribution is 5.03. The number of aromatic nitrogens is 2. The molecule has 2 aromatic rings. The summed E-state index contributed by atoms with van der Waals surface area (Å²) in [5.74, 6) is 0. The van der Waals surface area contributed by atoms with Crippen LogP contribution < -0.4 is 16.0 Å². The number of rotatable bonds is 12. The number of pyridine rings is 2. The lowest BCUT2D eigenvalue weighted by Crippen LogP contribution is -2.25. The zero-order valence-corrected chi connectivity index (χ0v) is 13.7. The van der Waals surface area contributed by atoms with E-state index in [9.17, 15) is 0 Å². The van der Waals surface area contributed by atoms with Gasteiger partial charge >= 0.3 is 0 Å². The SMILES string of the molecule is c1ccc(CNCCCNCCCNCc2ccccn2)nc1. The Balaban J connectivity index is 1.34. The molecule has 0 spiro atoms. The summed E-state index contributed by atoms with van der Waals surface area (Å²) in [6.07, 6.45) is 5.93. The third-order valence-electron chi connectivity index (χ3n) is 3.48. The molecular weight excluding hydrogens is 286 g/mol. The van der Waals surface area contributed by atoms with Gasteiger partial charge in [0.05, 0.1) is 11.4 Å². The Kier molecular flexibility index (Phi) is 8.93. The van der Waals surface area contributed by atoms with E-state index in [1.54, 1.807) is 0 Å². The van der Waals surface area contributed by atoms with Gasteiger partial charge in [0.25, 0.3) is 0 Å². The average molecular weight is 313 g/mol. The highest BCUT2D eigenvalue weighted by Crippen LogP contribution is 1.92. The summed E-state index contributed by atoms with van der Waals surface area (Å²) in [4.78, 5) is 8.57. The van der Waals surface area contributed by atoms with E-state index in [4.69, 9.17) is 0 Å². The maximum atomic E-state index is 4.29. The van der Waals surface area contributed by atoms with Crippen LogP contribution in [0.15, 0.2) is 48.8 Å². The molecule has 3 N–H and O–H groups in total. The van der Waals surface area contributed by atoms with E-state index in [1.807, 2.05) is 48.8 Å². The number of nitrogens with one attached hydrogen (secondary N) is 3. The largest absolute Gasteiger partial charge is 0.317 e. The van der Waals surface area contributed by atoms with Gasteiger partial charge in [-0.1, -0.05) is 12.1 Å². The van der Waals surface area contributed by atoms with Crippen molar-refractivity contribution >= 4 is 0 Å². The first-order chi connectivity index (χ1) is 11.4. The molecule has 0 saturated carbocycles. The standard InChI is InChI=1S/C18H27N5/c1-3-13-22-17(7-1)15-20-11-5-9-19-10-6-12-21-16-18-8-2-4-14-23-18/h1-4,7-8,13-14,19-21H,5-6,9-12,15-16H2. The predicted octanol–water partition coefficient (Wildman–Crippen LogP) is 1.73. The molecule has 0 saturated heterocycles. The van der Waals surface area contributed by atoms with Crippen molar-refractivity contribution in [2.24, 2.45) is 0 Å². The maximum absolute atomic E-state index is 4.29. The highest BCUT2D eigenvalue weighted by Gasteiger charge is 1.94. The first-order valence-electron chi connectivity index (χ1n) is 8.37. The first-order valence-corrected chi connectivity index (χ1v) is 8.37. The van der Waals surface area contributed by atoms with E-state index in [-0.39, 0.29) is 0 Å². The summed E-state index contributed by atoms with van der Waals surface area (Å²) < 4.78 is 0. The Bertz CT molecular complexity index is 456. The van der Waals surface area contributed by atoms with Gasteiger partial charge in [-0.05, 0) is 63.3 Å². The fourth-order valence-electron chi connectivity index (χ4n) is 2.24. The Morgan fingerprint density at radius 3 is 1.52 bits per heavy atom. The predicted molar refractivity (Wildman–Crippen MR) is 94.0 cm³/mol. The molecule has 0 aromatic carbocycles. The third-order valence-corrected chi connectivity index (χ3v) is 3.48. The summed E-state index contributed by atoms with van der Waals surface area (Å²) in [7, 11) is 0. The molecule has 0 aliphatic heterocycles. The Hall–Kier alpha value is -1.82. The van der Waals surface area contributed by atoms with Crippen molar-refractivity contribution in [3.05, 3.63) is 60.2 Å². The van der Waals surface area contributed by atoms with Gasteiger partial charge in [-0.2, -0.15) is 0 Å². The van der Waals surface area contributed by atoms with Crippen LogP contribution in [0, 0.1) is 0 Å². The monoisotopic (exact) mass is 313 g/mol. The summed E-state index contributed by atoms with van der Waals surface area (Å²) >= 11 is 0. The van der Waals surface area contributed by atoms with Crippen molar-refractivity contribution in [3.8, 4) is 0 Å². The van der Waals surface area contributed by atoms with E-state index in [0.29, 0.717) is 0 Å². The maximum Gasteiger partial charge on any atom is 0.0541 e. The second kappa shape index (κ2) is 11.7. The van der Waals surface area contributed by atoms with Crippen LogP contribution in [-0.2, 0) is 13.1 Å². The molecule has 5 nitrogen and oxygen atoms in total. The van der Waals surface area contributed by atoms with Crippen LogP contribution in [0.4, 0.5) is 0 Å². The van der Waals surface area contributed by atoms with Crippen LogP contribution in [0.2, 0.25) is 0 Å². The van der Waals surface area contributed by atoms with Crippen LogP contribution >= 0.6 is 0 Å². The Morgan fingerprint density at radius 1 is 0.609 bits per heavy atom. The molecule has 23 heavy (non-hydrogen) atoms. The van der Waals surface area contributed by atoms with Gasteiger partial charge < -0.3 is 16.0 Å². The molecule has 2 heterocycles. The Labute approximate surface area is 138 Å². The quantitative estimate of drug-likeness (QED) is 0.521. The molecule has 0 radical (unpaired) electrons. The van der Waals surface area contributed by atoms with Gasteiger partial charge in [-0.3, -0.25) is 9.97 Å². The van der Waals surface area contributed by atoms with Crippen molar-refractivity contribution in [2.45, 2.75) is 25.9 Å². The third kappa shape index (κ3) is 8.40. The minimum atomic E-state index is 0.846. The second-order valence-corrected chi connectivity index (χ2v) is 5.45. The van der Waals surface area contributed by atoms with Gasteiger partial charge in [-0.25, -0.2) is 0 Å². The van der Waals surface area contributed by atoms with Gasteiger partial charge in [0, 0.05) is 25.5 Å². The van der Waals surface area contributed by atoms with Gasteiger partial charge in [0.2, 0.25) is 0 Å². The summed E-state index contributed by atoms with van der Waals surface area (Å²) in [6, 6.07) is 12.0. The van der Waals surface area contributed by atoms with Crippen molar-refractivity contribution in [1.82, 2.24) is 25.9 Å². The van der Waals surface area contributed by atoms with Gasteiger partial charge in [0.1, 0.15) is 0 Å².